The topological polar surface area (TPSA) is 195 Å². The number of aromatic nitrogens is 6. The van der Waals surface area contributed by atoms with Crippen molar-refractivity contribution in [3.05, 3.63) is 35.4 Å². The summed E-state index contributed by atoms with van der Waals surface area (Å²) in [5.74, 6) is -1.34. The number of nitrogen functional groups attached to an aromatic ring is 1. The van der Waals surface area contributed by atoms with E-state index >= 15 is 0 Å². The smallest absolute Gasteiger partial charge is 0.761 e. The molecule has 33 heavy (non-hydrogen) atoms. The van der Waals surface area contributed by atoms with Crippen LogP contribution in [0.5, 0.6) is 0 Å². The van der Waals surface area contributed by atoms with E-state index in [1.807, 2.05) is 0 Å². The fraction of sp³-hybridized carbons (Fsp3) is 0.467. The molecule has 0 bridgehead atoms. The molecule has 18 heteroatoms. The van der Waals surface area contributed by atoms with Gasteiger partial charge in [0.25, 0.3) is 5.56 Å². The first-order valence-electron chi connectivity index (χ1n) is 9.07. The molecule has 1 saturated heterocycles. The SMILES string of the molecule is Nc1nc2c(ncn2[C@@H]2O[C@H](COP(=O)([O-])n3ccnc3)[C@@H](COC(F)F)[C@H]2O)c(=O)[nH]1.[Na+]. The van der Waals surface area contributed by atoms with Gasteiger partial charge in [0.1, 0.15) is 12.4 Å². The zero-order valence-electron chi connectivity index (χ0n) is 17.0. The second-order valence-corrected chi connectivity index (χ2v) is 8.45. The van der Waals surface area contributed by atoms with Gasteiger partial charge in [-0.3, -0.25) is 23.2 Å². The van der Waals surface area contributed by atoms with Gasteiger partial charge in [-0.15, -0.1) is 0 Å². The van der Waals surface area contributed by atoms with Gasteiger partial charge in [0, 0.05) is 18.3 Å². The van der Waals surface area contributed by atoms with Gasteiger partial charge < -0.3 is 29.7 Å². The second kappa shape index (κ2) is 10.2. The van der Waals surface area contributed by atoms with E-state index in [0.29, 0.717) is 0 Å². The number of nitrogens with one attached hydrogen (secondary N) is 1. The molecule has 4 N–H and O–H groups in total. The van der Waals surface area contributed by atoms with E-state index in [-0.39, 0.29) is 46.7 Å². The number of alkyl halides is 2. The number of aliphatic hydroxyl groups is 1. The van der Waals surface area contributed by atoms with Crippen LogP contribution in [-0.4, -0.2) is 66.0 Å². The number of fused-ring (bicyclic) bond motifs is 1. The van der Waals surface area contributed by atoms with E-state index in [2.05, 4.69) is 24.7 Å². The van der Waals surface area contributed by atoms with Gasteiger partial charge in [-0.25, -0.2) is 9.97 Å². The summed E-state index contributed by atoms with van der Waals surface area (Å²) in [6, 6.07) is 0. The van der Waals surface area contributed by atoms with Crippen LogP contribution in [0, 0.1) is 5.92 Å². The Balaban J connectivity index is 0.00000306. The normalized spacial score (nSPS) is 24.8. The first kappa shape index (κ1) is 25.9. The van der Waals surface area contributed by atoms with Gasteiger partial charge >= 0.3 is 36.2 Å². The summed E-state index contributed by atoms with van der Waals surface area (Å²) in [6.45, 7) is -4.42. The molecule has 4 rings (SSSR count). The number of anilines is 1. The predicted octanol–water partition coefficient (Wildman–Crippen LogP) is -3.95. The largest absolute Gasteiger partial charge is 1.00 e. The van der Waals surface area contributed by atoms with Gasteiger partial charge in [0.15, 0.2) is 17.4 Å². The van der Waals surface area contributed by atoms with Crippen molar-refractivity contribution in [2.75, 3.05) is 18.9 Å². The molecule has 3 aromatic rings. The van der Waals surface area contributed by atoms with Crippen LogP contribution in [0.25, 0.3) is 11.2 Å². The molecule has 0 amide bonds. The summed E-state index contributed by atoms with van der Waals surface area (Å²) in [5, 5.41) is 10.8. The van der Waals surface area contributed by atoms with Crippen LogP contribution in [0.3, 0.4) is 0 Å². The van der Waals surface area contributed by atoms with Crippen LogP contribution in [0.4, 0.5) is 14.7 Å². The van der Waals surface area contributed by atoms with E-state index in [1.54, 1.807) is 0 Å². The van der Waals surface area contributed by atoms with Gasteiger partial charge in [0.05, 0.1) is 25.6 Å². The molecule has 1 aliphatic heterocycles. The summed E-state index contributed by atoms with van der Waals surface area (Å²) in [4.78, 5) is 38.0. The van der Waals surface area contributed by atoms with Crippen molar-refractivity contribution in [2.45, 2.75) is 25.0 Å². The number of nitrogens with zero attached hydrogens (tertiary/aromatic N) is 5. The van der Waals surface area contributed by atoms with Gasteiger partial charge in [-0.2, -0.15) is 13.8 Å². The first-order chi connectivity index (χ1) is 15.2. The molecule has 1 aliphatic rings. The van der Waals surface area contributed by atoms with Gasteiger partial charge in [-0.05, 0) is 0 Å². The van der Waals surface area contributed by atoms with Crippen molar-refractivity contribution in [3.63, 3.8) is 0 Å². The number of hydrogen-bond acceptors (Lipinski definition) is 11. The number of H-pyrrole nitrogens is 1. The predicted molar refractivity (Wildman–Crippen MR) is 99.1 cm³/mol. The Morgan fingerprint density at radius 1 is 1.39 bits per heavy atom. The molecular weight excluding hydrogens is 482 g/mol. The van der Waals surface area contributed by atoms with Crippen LogP contribution >= 0.6 is 7.75 Å². The molecule has 0 aliphatic carbocycles. The average molecular weight is 499 g/mol. The maximum Gasteiger partial charge on any atom is 1.00 e. The molecule has 5 atom stereocenters. The number of ether oxygens (including phenoxy) is 2. The Bertz CT molecular complexity index is 1190. The second-order valence-electron chi connectivity index (χ2n) is 6.80. The summed E-state index contributed by atoms with van der Waals surface area (Å²) < 4.78 is 54.4. The number of halogens is 2. The zero-order valence-corrected chi connectivity index (χ0v) is 19.9. The Morgan fingerprint density at radius 3 is 2.82 bits per heavy atom. The molecule has 14 nitrogen and oxygen atoms in total. The van der Waals surface area contributed by atoms with Crippen LogP contribution in [-0.2, 0) is 18.6 Å². The van der Waals surface area contributed by atoms with Crippen molar-refractivity contribution in [1.82, 2.24) is 28.8 Å². The minimum atomic E-state index is -4.61. The number of nitrogens with two attached hydrogens (primary N) is 1. The molecule has 0 aromatic carbocycles. The van der Waals surface area contributed by atoms with Crippen LogP contribution in [0.2, 0.25) is 0 Å². The fourth-order valence-corrected chi connectivity index (χ4v) is 4.21. The number of aromatic amines is 1. The zero-order chi connectivity index (χ0) is 23.0. The molecule has 4 heterocycles. The average Bonchev–Trinajstić information content (AvgIpc) is 3.44. The number of imidazole rings is 2. The molecule has 1 unspecified atom stereocenters. The van der Waals surface area contributed by atoms with E-state index in [1.165, 1.54) is 10.8 Å². The number of aliphatic hydroxyl groups excluding tert-OH is 1. The summed E-state index contributed by atoms with van der Waals surface area (Å²) in [6.07, 6.45) is 0.598. The van der Waals surface area contributed by atoms with Crippen LogP contribution < -0.4 is 45.7 Å². The van der Waals surface area contributed by atoms with Crippen molar-refractivity contribution in [1.29, 1.82) is 0 Å². The molecule has 174 valence electrons. The molecular formula is C15H17F2N7NaO7P. The Morgan fingerprint density at radius 2 is 2.15 bits per heavy atom. The summed E-state index contributed by atoms with van der Waals surface area (Å²) in [7, 11) is -4.61. The summed E-state index contributed by atoms with van der Waals surface area (Å²) >= 11 is 0. The molecule has 1 fully saturated rings. The third-order valence-corrected chi connectivity index (χ3v) is 6.11. The van der Waals surface area contributed by atoms with Crippen molar-refractivity contribution < 1.29 is 66.9 Å². The van der Waals surface area contributed by atoms with Crippen molar-refractivity contribution in [3.8, 4) is 0 Å². The third kappa shape index (κ3) is 5.34. The minimum absolute atomic E-state index is 0. The Hall–Kier alpha value is -1.75. The van der Waals surface area contributed by atoms with E-state index in [9.17, 15) is 28.1 Å². The third-order valence-electron chi connectivity index (χ3n) is 4.84. The fourth-order valence-electron chi connectivity index (χ4n) is 3.34. The minimum Gasteiger partial charge on any atom is -0.761 e. The molecule has 3 aromatic heterocycles. The summed E-state index contributed by atoms with van der Waals surface area (Å²) in [5.41, 5.74) is 4.79. The van der Waals surface area contributed by atoms with E-state index in [4.69, 9.17) is 15.0 Å². The van der Waals surface area contributed by atoms with Gasteiger partial charge in [-0.1, -0.05) is 0 Å². The maximum atomic E-state index is 12.6. The van der Waals surface area contributed by atoms with Gasteiger partial charge in [0.2, 0.25) is 13.7 Å². The standard InChI is InChI=1S/C15H18F2N7O7P.Na/c16-14(17)29-3-7-8(4-30-32(27,28)23-2-1-19-5-23)31-13(10(7)25)24-6-20-9-11(24)21-15(18)22-12(9)26;/h1-2,5-8,10,13-14,25H,3-4H2,(H,27,28)(H3,18,21,22,26);/q;+1/p-1/t7-,8-,10-,13-;/m1./s1. The Kier molecular flexibility index (Phi) is 8.03. The van der Waals surface area contributed by atoms with E-state index in [0.717, 1.165) is 23.2 Å². The molecule has 0 spiro atoms. The first-order valence-corrected chi connectivity index (χ1v) is 10.6. The maximum absolute atomic E-state index is 12.6. The number of hydrogen-bond donors (Lipinski definition) is 3. The molecule has 0 radical (unpaired) electrons. The molecule has 0 saturated carbocycles. The van der Waals surface area contributed by atoms with Crippen molar-refractivity contribution >= 4 is 24.9 Å². The van der Waals surface area contributed by atoms with Crippen LogP contribution in [0.15, 0.2) is 29.8 Å². The quantitative estimate of drug-likeness (QED) is 0.202. The number of rotatable bonds is 8. The van der Waals surface area contributed by atoms with Crippen LogP contribution in [0.1, 0.15) is 6.23 Å². The monoisotopic (exact) mass is 499 g/mol. The van der Waals surface area contributed by atoms with Crippen molar-refractivity contribution in [2.24, 2.45) is 5.92 Å². The van der Waals surface area contributed by atoms with E-state index < -0.39 is 57.5 Å². The Labute approximate surface area is 205 Å².